The number of aliphatic imine (C=N–C) groups is 1. The van der Waals surface area contributed by atoms with Crippen LogP contribution in [0, 0.1) is 0 Å². The van der Waals surface area contributed by atoms with Gasteiger partial charge >= 0.3 is 0 Å². The Morgan fingerprint density at radius 3 is 2.26 bits per heavy atom. The third-order valence-corrected chi connectivity index (χ3v) is 4.96. The van der Waals surface area contributed by atoms with E-state index in [1.807, 2.05) is 16.8 Å². The maximum absolute atomic E-state index is 4.68. The van der Waals surface area contributed by atoms with Crippen molar-refractivity contribution in [2.75, 3.05) is 0 Å². The van der Waals surface area contributed by atoms with Gasteiger partial charge in [0.2, 0.25) is 5.95 Å². The van der Waals surface area contributed by atoms with Gasteiger partial charge in [-0.25, -0.2) is 9.67 Å². The number of benzene rings is 2. The molecule has 0 saturated carbocycles. The fourth-order valence-electron chi connectivity index (χ4n) is 2.75. The van der Waals surface area contributed by atoms with Gasteiger partial charge in [-0.3, -0.25) is 0 Å². The summed E-state index contributed by atoms with van der Waals surface area (Å²) in [6, 6.07) is 16.7. The van der Waals surface area contributed by atoms with E-state index in [-0.39, 0.29) is 6.04 Å². The summed E-state index contributed by atoms with van der Waals surface area (Å²) < 4.78 is 4.02. The van der Waals surface area contributed by atoms with Crippen molar-refractivity contribution in [1.29, 1.82) is 0 Å². The second-order valence-corrected chi connectivity index (χ2v) is 7.17. The van der Waals surface area contributed by atoms with Crippen LogP contribution in [0.2, 0.25) is 0 Å². The summed E-state index contributed by atoms with van der Waals surface area (Å²) in [4.78, 5) is 8.97. The Kier molecular flexibility index (Phi) is 3.87. The van der Waals surface area contributed by atoms with Crippen LogP contribution in [-0.4, -0.2) is 20.5 Å². The Bertz CT molecular complexity index is 866. The molecule has 4 nitrogen and oxygen atoms in total. The predicted molar refractivity (Wildman–Crippen MR) is 97.3 cm³/mol. The highest BCUT2D eigenvalue weighted by molar-refractivity contribution is 9.10. The average molecular weight is 432 g/mol. The lowest BCUT2D eigenvalue weighted by Gasteiger charge is -2.24. The molecule has 4 rings (SSSR count). The molecule has 6 heteroatoms. The maximum atomic E-state index is 4.68. The second-order valence-electron chi connectivity index (χ2n) is 5.34. The Balaban J connectivity index is 1.77. The van der Waals surface area contributed by atoms with Crippen molar-refractivity contribution in [3.05, 3.63) is 74.9 Å². The van der Waals surface area contributed by atoms with Crippen LogP contribution in [-0.2, 0) is 0 Å². The summed E-state index contributed by atoms with van der Waals surface area (Å²) in [5, 5.41) is 4.36. The number of hydrogen-bond acceptors (Lipinski definition) is 3. The smallest absolute Gasteiger partial charge is 0.222 e. The number of aromatic nitrogens is 3. The Morgan fingerprint density at radius 2 is 1.57 bits per heavy atom. The molecule has 1 unspecified atom stereocenters. The van der Waals surface area contributed by atoms with Crippen LogP contribution >= 0.6 is 31.9 Å². The summed E-state index contributed by atoms with van der Waals surface area (Å²) in [6.45, 7) is 0. The molecule has 1 aromatic heterocycles. The molecule has 1 atom stereocenters. The number of hydrogen-bond donors (Lipinski definition) is 0. The predicted octanol–water partition coefficient (Wildman–Crippen LogP) is 4.92. The lowest BCUT2D eigenvalue weighted by atomic mass is 9.96. The fraction of sp³-hybridized carbons (Fsp3) is 0.118. The van der Waals surface area contributed by atoms with Crippen molar-refractivity contribution in [1.82, 2.24) is 14.8 Å². The molecule has 0 spiro atoms. The highest BCUT2D eigenvalue weighted by atomic mass is 79.9. The van der Waals surface area contributed by atoms with Crippen LogP contribution in [0.5, 0.6) is 0 Å². The molecular weight excluding hydrogens is 420 g/mol. The zero-order chi connectivity index (χ0) is 15.8. The van der Waals surface area contributed by atoms with Gasteiger partial charge in [0.1, 0.15) is 6.33 Å². The van der Waals surface area contributed by atoms with Crippen molar-refractivity contribution < 1.29 is 0 Å². The number of nitrogens with zero attached hydrogens (tertiary/aromatic N) is 4. The van der Waals surface area contributed by atoms with E-state index in [1.54, 1.807) is 6.33 Å². The van der Waals surface area contributed by atoms with E-state index in [4.69, 9.17) is 0 Å². The van der Waals surface area contributed by atoms with Crippen LogP contribution in [0.15, 0.2) is 68.8 Å². The Labute approximate surface area is 150 Å². The molecule has 3 aromatic rings. The van der Waals surface area contributed by atoms with Crippen molar-refractivity contribution in [2.24, 2.45) is 4.99 Å². The van der Waals surface area contributed by atoms with Gasteiger partial charge in [0, 0.05) is 15.4 Å². The first-order chi connectivity index (χ1) is 11.2. The summed E-state index contributed by atoms with van der Waals surface area (Å²) in [5.74, 6) is 0.655. The molecule has 0 bridgehead atoms. The molecule has 23 heavy (non-hydrogen) atoms. The van der Waals surface area contributed by atoms with E-state index in [1.165, 1.54) is 5.56 Å². The van der Waals surface area contributed by atoms with Crippen LogP contribution in [0.4, 0.5) is 5.95 Å². The minimum atomic E-state index is 0.108. The quantitative estimate of drug-likeness (QED) is 0.578. The summed E-state index contributed by atoms with van der Waals surface area (Å²) in [7, 11) is 0. The Morgan fingerprint density at radius 1 is 0.913 bits per heavy atom. The highest BCUT2D eigenvalue weighted by Gasteiger charge is 2.25. The molecule has 0 aliphatic carbocycles. The first kappa shape index (κ1) is 14.8. The molecule has 0 amide bonds. The monoisotopic (exact) mass is 430 g/mol. The fourth-order valence-corrected chi connectivity index (χ4v) is 3.28. The Hall–Kier alpha value is -1.79. The van der Waals surface area contributed by atoms with E-state index < -0.39 is 0 Å². The highest BCUT2D eigenvalue weighted by Crippen LogP contribution is 2.32. The molecule has 0 radical (unpaired) electrons. The molecule has 1 aliphatic heterocycles. The number of halogens is 2. The minimum absolute atomic E-state index is 0.108. The summed E-state index contributed by atoms with van der Waals surface area (Å²) in [5.41, 5.74) is 3.35. The standard InChI is InChI=1S/C17H12Br2N4/c18-13-5-1-11(2-6-13)15-9-16(12-3-7-14(19)8-4-12)23-17(22-15)20-10-21-23/h1-8,10,16H,9H2. The van der Waals surface area contributed by atoms with Gasteiger partial charge in [0.05, 0.1) is 11.8 Å². The molecule has 2 aromatic carbocycles. The molecule has 114 valence electrons. The molecular formula is C17H12Br2N4. The largest absolute Gasteiger partial charge is 0.248 e. The van der Waals surface area contributed by atoms with Gasteiger partial charge in [-0.15, -0.1) is 0 Å². The maximum Gasteiger partial charge on any atom is 0.248 e. The molecule has 1 aliphatic rings. The topological polar surface area (TPSA) is 43.1 Å². The minimum Gasteiger partial charge on any atom is -0.222 e. The summed E-state index contributed by atoms with van der Waals surface area (Å²) >= 11 is 6.96. The van der Waals surface area contributed by atoms with E-state index in [9.17, 15) is 0 Å². The van der Waals surface area contributed by atoms with E-state index in [2.05, 4.69) is 83.3 Å². The average Bonchev–Trinajstić information content (AvgIpc) is 3.04. The van der Waals surface area contributed by atoms with Crippen molar-refractivity contribution >= 4 is 43.5 Å². The molecule has 0 fully saturated rings. The van der Waals surface area contributed by atoms with Gasteiger partial charge in [-0.2, -0.15) is 10.1 Å². The van der Waals surface area contributed by atoms with Crippen molar-refractivity contribution in [2.45, 2.75) is 12.5 Å². The third-order valence-electron chi connectivity index (χ3n) is 3.90. The van der Waals surface area contributed by atoms with Crippen molar-refractivity contribution in [3.8, 4) is 0 Å². The van der Waals surface area contributed by atoms with Gasteiger partial charge in [-0.05, 0) is 35.4 Å². The van der Waals surface area contributed by atoms with Gasteiger partial charge in [0.15, 0.2) is 0 Å². The zero-order valence-electron chi connectivity index (χ0n) is 12.0. The van der Waals surface area contributed by atoms with Gasteiger partial charge in [0.25, 0.3) is 0 Å². The molecule has 0 saturated heterocycles. The first-order valence-electron chi connectivity index (χ1n) is 7.19. The van der Waals surface area contributed by atoms with E-state index >= 15 is 0 Å². The summed E-state index contributed by atoms with van der Waals surface area (Å²) in [6.07, 6.45) is 2.36. The molecule has 2 heterocycles. The van der Waals surface area contributed by atoms with Gasteiger partial charge in [-0.1, -0.05) is 56.1 Å². The van der Waals surface area contributed by atoms with Crippen molar-refractivity contribution in [3.63, 3.8) is 0 Å². The van der Waals surface area contributed by atoms with Crippen LogP contribution in [0.25, 0.3) is 0 Å². The second kappa shape index (κ2) is 6.02. The third kappa shape index (κ3) is 2.88. The zero-order valence-corrected chi connectivity index (χ0v) is 15.2. The van der Waals surface area contributed by atoms with Crippen LogP contribution < -0.4 is 0 Å². The van der Waals surface area contributed by atoms with Gasteiger partial charge < -0.3 is 0 Å². The normalized spacial score (nSPS) is 16.8. The van der Waals surface area contributed by atoms with E-state index in [0.29, 0.717) is 5.95 Å². The van der Waals surface area contributed by atoms with Crippen LogP contribution in [0.1, 0.15) is 23.6 Å². The lowest BCUT2D eigenvalue weighted by Crippen LogP contribution is -2.21. The molecule has 0 N–H and O–H groups in total. The lowest BCUT2D eigenvalue weighted by molar-refractivity contribution is 0.531. The van der Waals surface area contributed by atoms with E-state index in [0.717, 1.165) is 26.6 Å². The SMILES string of the molecule is Brc1ccc(C2=Nc3ncnn3C(c3ccc(Br)cc3)C2)cc1. The van der Waals surface area contributed by atoms with Crippen LogP contribution in [0.3, 0.4) is 0 Å². The number of fused-ring (bicyclic) bond motifs is 1. The first-order valence-corrected chi connectivity index (χ1v) is 8.78. The number of rotatable bonds is 2.